The Kier molecular flexibility index (Phi) is 1.85. The SMILES string of the molecule is C=CCC1CC1(C=C)C(=O)O. The molecule has 2 atom stereocenters. The second-order valence-corrected chi connectivity index (χ2v) is 2.98. The first-order valence-electron chi connectivity index (χ1n) is 3.65. The molecule has 1 aliphatic rings. The van der Waals surface area contributed by atoms with Gasteiger partial charge in [0.2, 0.25) is 0 Å². The van der Waals surface area contributed by atoms with Crippen LogP contribution >= 0.6 is 0 Å². The van der Waals surface area contributed by atoms with Crippen LogP contribution in [0.1, 0.15) is 12.8 Å². The molecule has 2 unspecified atom stereocenters. The molecular weight excluding hydrogens is 140 g/mol. The van der Waals surface area contributed by atoms with Crippen molar-refractivity contribution < 1.29 is 9.90 Å². The van der Waals surface area contributed by atoms with Crippen LogP contribution < -0.4 is 0 Å². The van der Waals surface area contributed by atoms with Crippen molar-refractivity contribution in [3.8, 4) is 0 Å². The zero-order valence-electron chi connectivity index (χ0n) is 6.42. The Morgan fingerprint density at radius 2 is 2.36 bits per heavy atom. The van der Waals surface area contributed by atoms with E-state index in [1.165, 1.54) is 0 Å². The molecule has 1 N–H and O–H groups in total. The number of carbonyl (C=O) groups is 1. The van der Waals surface area contributed by atoms with E-state index in [9.17, 15) is 4.79 Å². The van der Waals surface area contributed by atoms with Crippen molar-refractivity contribution in [3.63, 3.8) is 0 Å². The number of carboxylic acid groups (broad SMARTS) is 1. The van der Waals surface area contributed by atoms with Crippen molar-refractivity contribution >= 4 is 5.97 Å². The molecule has 1 rings (SSSR count). The molecular formula is C9H12O2. The average Bonchev–Trinajstić information content (AvgIpc) is 2.65. The largest absolute Gasteiger partial charge is 0.481 e. The van der Waals surface area contributed by atoms with Crippen LogP contribution in [-0.2, 0) is 4.79 Å². The van der Waals surface area contributed by atoms with Crippen molar-refractivity contribution in [3.05, 3.63) is 25.3 Å². The zero-order chi connectivity index (χ0) is 8.48. The van der Waals surface area contributed by atoms with Crippen molar-refractivity contribution in [2.45, 2.75) is 12.8 Å². The summed E-state index contributed by atoms with van der Waals surface area (Å²) in [5.74, 6) is -0.519. The summed E-state index contributed by atoms with van der Waals surface area (Å²) in [7, 11) is 0. The minimum absolute atomic E-state index is 0.231. The molecule has 60 valence electrons. The topological polar surface area (TPSA) is 37.3 Å². The van der Waals surface area contributed by atoms with Crippen LogP contribution in [0, 0.1) is 11.3 Å². The van der Waals surface area contributed by atoms with Crippen molar-refractivity contribution in [2.75, 3.05) is 0 Å². The van der Waals surface area contributed by atoms with E-state index in [0.717, 1.165) is 12.8 Å². The highest BCUT2D eigenvalue weighted by molar-refractivity contribution is 5.81. The van der Waals surface area contributed by atoms with Crippen LogP contribution in [0.25, 0.3) is 0 Å². The number of hydrogen-bond donors (Lipinski definition) is 1. The van der Waals surface area contributed by atoms with Crippen LogP contribution in [0.15, 0.2) is 25.3 Å². The Labute approximate surface area is 66.2 Å². The molecule has 0 saturated heterocycles. The van der Waals surface area contributed by atoms with Gasteiger partial charge in [-0.1, -0.05) is 12.2 Å². The first-order valence-corrected chi connectivity index (χ1v) is 3.65. The Balaban J connectivity index is 2.63. The third-order valence-corrected chi connectivity index (χ3v) is 2.37. The second kappa shape index (κ2) is 2.53. The highest BCUT2D eigenvalue weighted by Gasteiger charge is 2.57. The van der Waals surface area contributed by atoms with E-state index in [1.807, 2.05) is 0 Å². The van der Waals surface area contributed by atoms with Crippen LogP contribution in [-0.4, -0.2) is 11.1 Å². The average molecular weight is 152 g/mol. The molecule has 0 amide bonds. The summed E-state index contributed by atoms with van der Waals surface area (Å²) in [6, 6.07) is 0. The molecule has 1 saturated carbocycles. The highest BCUT2D eigenvalue weighted by atomic mass is 16.4. The lowest BCUT2D eigenvalue weighted by atomic mass is 10.0. The Bertz CT molecular complexity index is 208. The molecule has 0 heterocycles. The molecule has 0 aliphatic heterocycles. The molecule has 11 heavy (non-hydrogen) atoms. The number of hydrogen-bond acceptors (Lipinski definition) is 1. The van der Waals surface area contributed by atoms with Gasteiger partial charge in [0.15, 0.2) is 0 Å². The van der Waals surface area contributed by atoms with Gasteiger partial charge in [-0.25, -0.2) is 0 Å². The second-order valence-electron chi connectivity index (χ2n) is 2.98. The normalized spacial score (nSPS) is 34.4. The van der Waals surface area contributed by atoms with Crippen LogP contribution in [0.5, 0.6) is 0 Å². The van der Waals surface area contributed by atoms with Gasteiger partial charge in [-0.2, -0.15) is 0 Å². The van der Waals surface area contributed by atoms with E-state index < -0.39 is 11.4 Å². The minimum Gasteiger partial charge on any atom is -0.481 e. The summed E-state index contributed by atoms with van der Waals surface area (Å²) >= 11 is 0. The summed E-state index contributed by atoms with van der Waals surface area (Å²) in [4.78, 5) is 10.7. The van der Waals surface area contributed by atoms with Gasteiger partial charge in [0, 0.05) is 0 Å². The van der Waals surface area contributed by atoms with Crippen molar-refractivity contribution in [1.82, 2.24) is 0 Å². The maximum atomic E-state index is 10.7. The maximum absolute atomic E-state index is 10.7. The van der Waals surface area contributed by atoms with E-state index >= 15 is 0 Å². The third kappa shape index (κ3) is 1.09. The van der Waals surface area contributed by atoms with Gasteiger partial charge >= 0.3 is 5.97 Å². The quantitative estimate of drug-likeness (QED) is 0.624. The van der Waals surface area contributed by atoms with Gasteiger partial charge < -0.3 is 5.11 Å². The van der Waals surface area contributed by atoms with Gasteiger partial charge in [-0.3, -0.25) is 4.79 Å². The Hall–Kier alpha value is -1.05. The minimum atomic E-state index is -0.751. The Morgan fingerprint density at radius 3 is 2.64 bits per heavy atom. The van der Waals surface area contributed by atoms with E-state index in [4.69, 9.17) is 5.11 Å². The number of allylic oxidation sites excluding steroid dienone is 1. The molecule has 0 aromatic rings. The van der Waals surface area contributed by atoms with Crippen molar-refractivity contribution in [1.29, 1.82) is 0 Å². The lowest BCUT2D eigenvalue weighted by Crippen LogP contribution is -2.14. The summed E-state index contributed by atoms with van der Waals surface area (Å²) < 4.78 is 0. The van der Waals surface area contributed by atoms with Gasteiger partial charge in [0.05, 0.1) is 5.41 Å². The fraction of sp³-hybridized carbons (Fsp3) is 0.444. The predicted molar refractivity (Wildman–Crippen MR) is 43.2 cm³/mol. The molecule has 0 aromatic heterocycles. The Morgan fingerprint density at radius 1 is 1.73 bits per heavy atom. The third-order valence-electron chi connectivity index (χ3n) is 2.37. The van der Waals surface area contributed by atoms with E-state index in [0.29, 0.717) is 0 Å². The molecule has 0 radical (unpaired) electrons. The first kappa shape index (κ1) is 8.05. The molecule has 2 heteroatoms. The monoisotopic (exact) mass is 152 g/mol. The number of carboxylic acids is 1. The molecule has 0 bridgehead atoms. The standard InChI is InChI=1S/C9H12O2/c1-3-5-7-6-9(7,4-2)8(10)11/h3-4,7H,1-2,5-6H2,(H,10,11). The molecule has 0 spiro atoms. The van der Waals surface area contributed by atoms with Crippen LogP contribution in [0.3, 0.4) is 0 Å². The lowest BCUT2D eigenvalue weighted by molar-refractivity contribution is -0.141. The predicted octanol–water partition coefficient (Wildman–Crippen LogP) is 1.84. The van der Waals surface area contributed by atoms with Gasteiger partial charge in [-0.05, 0) is 18.8 Å². The molecule has 0 aromatic carbocycles. The summed E-state index contributed by atoms with van der Waals surface area (Å²) in [5, 5.41) is 8.80. The highest BCUT2D eigenvalue weighted by Crippen LogP contribution is 2.55. The summed E-state index contributed by atoms with van der Waals surface area (Å²) in [6.07, 6.45) is 4.80. The number of aliphatic carboxylic acids is 1. The van der Waals surface area contributed by atoms with Crippen molar-refractivity contribution in [2.24, 2.45) is 11.3 Å². The summed E-state index contributed by atoms with van der Waals surface area (Å²) in [6.45, 7) is 7.11. The van der Waals surface area contributed by atoms with E-state index in [2.05, 4.69) is 13.2 Å². The smallest absolute Gasteiger partial charge is 0.313 e. The van der Waals surface area contributed by atoms with E-state index in [1.54, 1.807) is 12.2 Å². The van der Waals surface area contributed by atoms with Crippen LogP contribution in [0.4, 0.5) is 0 Å². The molecule has 1 fully saturated rings. The van der Waals surface area contributed by atoms with Gasteiger partial charge in [0.1, 0.15) is 0 Å². The zero-order valence-corrected chi connectivity index (χ0v) is 6.42. The molecule has 2 nitrogen and oxygen atoms in total. The summed E-state index contributed by atoms with van der Waals surface area (Å²) in [5.41, 5.74) is -0.631. The number of rotatable bonds is 4. The fourth-order valence-electron chi connectivity index (χ4n) is 1.44. The van der Waals surface area contributed by atoms with Gasteiger partial charge in [0.25, 0.3) is 0 Å². The fourth-order valence-corrected chi connectivity index (χ4v) is 1.44. The molecule has 1 aliphatic carbocycles. The maximum Gasteiger partial charge on any atom is 0.313 e. The first-order chi connectivity index (χ1) is 5.17. The van der Waals surface area contributed by atoms with E-state index in [-0.39, 0.29) is 5.92 Å². The van der Waals surface area contributed by atoms with Crippen LogP contribution in [0.2, 0.25) is 0 Å². The lowest BCUT2D eigenvalue weighted by Gasteiger charge is -2.02. The van der Waals surface area contributed by atoms with Gasteiger partial charge in [-0.15, -0.1) is 13.2 Å².